The normalized spacial score (nSPS) is 19.9. The van der Waals surface area contributed by atoms with E-state index in [9.17, 15) is 9.59 Å². The first-order valence-electron chi connectivity index (χ1n) is 11.9. The summed E-state index contributed by atoms with van der Waals surface area (Å²) in [5.41, 5.74) is 0.822. The van der Waals surface area contributed by atoms with E-state index in [2.05, 4.69) is 0 Å². The summed E-state index contributed by atoms with van der Waals surface area (Å²) in [6.07, 6.45) is 12.0. The highest BCUT2D eigenvalue weighted by Gasteiger charge is 2.38. The highest BCUT2D eigenvalue weighted by Crippen LogP contribution is 2.42. The number of hydrogen-bond acceptors (Lipinski definition) is 4. The summed E-state index contributed by atoms with van der Waals surface area (Å²) in [6.45, 7) is 0. The van der Waals surface area contributed by atoms with Crippen molar-refractivity contribution in [2.45, 2.75) is 75.4 Å². The third kappa shape index (κ3) is 5.12. The van der Waals surface area contributed by atoms with Crippen LogP contribution in [-0.2, 0) is 30.3 Å². The minimum absolute atomic E-state index is 0.495. The summed E-state index contributed by atoms with van der Waals surface area (Å²) in [6, 6.07) is 19.9. The fourth-order valence-corrected chi connectivity index (χ4v) is 5.22. The Morgan fingerprint density at radius 2 is 0.906 bits per heavy atom. The Bertz CT molecular complexity index is 843. The number of carbonyl (C=O) groups is 2. The monoisotopic (exact) mass is 432 g/mol. The number of rotatable bonds is 6. The smallest absolute Gasteiger partial charge is 0.331 e. The summed E-state index contributed by atoms with van der Waals surface area (Å²) in [4.78, 5) is 25.4. The second kappa shape index (κ2) is 10.2. The molecule has 4 heteroatoms. The Labute approximate surface area is 190 Å². The predicted octanol–water partition coefficient (Wildman–Crippen LogP) is 6.35. The standard InChI is InChI=1S/C28H32O4/c29-25(31-27(19-9-3-10-20-27)23-13-5-1-6-14-23)17-18-26(30)32-28(21-11-4-12-22-28)24-15-7-2-8-16-24/h1-2,5-8,13-18H,3-4,9-12,19-22H2/b18-17+. The van der Waals surface area contributed by atoms with Crippen molar-refractivity contribution >= 4 is 11.9 Å². The van der Waals surface area contributed by atoms with Crippen LogP contribution in [0.25, 0.3) is 0 Å². The molecule has 2 aliphatic carbocycles. The fraction of sp³-hybridized carbons (Fsp3) is 0.429. The molecule has 4 nitrogen and oxygen atoms in total. The van der Waals surface area contributed by atoms with Crippen molar-refractivity contribution in [1.82, 2.24) is 0 Å². The van der Waals surface area contributed by atoms with E-state index < -0.39 is 23.1 Å². The minimum atomic E-state index is -0.612. The lowest BCUT2D eigenvalue weighted by molar-refractivity contribution is -0.161. The Kier molecular flexibility index (Phi) is 7.09. The van der Waals surface area contributed by atoms with Gasteiger partial charge >= 0.3 is 11.9 Å². The lowest BCUT2D eigenvalue weighted by atomic mass is 9.79. The molecule has 0 aliphatic heterocycles. The average molecular weight is 433 g/mol. The van der Waals surface area contributed by atoms with Gasteiger partial charge in [0, 0.05) is 12.2 Å². The van der Waals surface area contributed by atoms with Crippen molar-refractivity contribution in [1.29, 1.82) is 0 Å². The molecule has 2 aromatic carbocycles. The van der Waals surface area contributed by atoms with Crippen LogP contribution in [0.5, 0.6) is 0 Å². The van der Waals surface area contributed by atoms with Gasteiger partial charge in [0.15, 0.2) is 0 Å². The number of benzene rings is 2. The SMILES string of the molecule is O=C(/C=C/C(=O)OC1(c2ccccc2)CCCCC1)OC1(c2ccccc2)CCCCC1. The molecule has 4 rings (SSSR count). The summed E-state index contributed by atoms with van der Waals surface area (Å²) in [5, 5.41) is 0. The van der Waals surface area contributed by atoms with Crippen LogP contribution in [0, 0.1) is 0 Å². The zero-order chi connectivity index (χ0) is 22.3. The molecule has 0 radical (unpaired) electrons. The maximum atomic E-state index is 12.7. The number of hydrogen-bond donors (Lipinski definition) is 0. The number of carbonyl (C=O) groups excluding carboxylic acids is 2. The van der Waals surface area contributed by atoms with Gasteiger partial charge < -0.3 is 9.47 Å². The molecule has 0 bridgehead atoms. The topological polar surface area (TPSA) is 52.6 Å². The van der Waals surface area contributed by atoms with Gasteiger partial charge in [-0.2, -0.15) is 0 Å². The van der Waals surface area contributed by atoms with Gasteiger partial charge in [-0.15, -0.1) is 0 Å². The van der Waals surface area contributed by atoms with E-state index in [1.54, 1.807) is 0 Å². The summed E-state index contributed by atoms with van der Waals surface area (Å²) in [7, 11) is 0. The summed E-state index contributed by atoms with van der Waals surface area (Å²) >= 11 is 0. The van der Waals surface area contributed by atoms with Crippen LogP contribution in [0.15, 0.2) is 72.8 Å². The van der Waals surface area contributed by atoms with Crippen LogP contribution in [0.1, 0.15) is 75.3 Å². The van der Waals surface area contributed by atoms with Gasteiger partial charge in [-0.3, -0.25) is 0 Å². The maximum Gasteiger partial charge on any atom is 0.331 e. The molecule has 0 amide bonds. The maximum absolute atomic E-state index is 12.7. The number of ether oxygens (including phenoxy) is 2. The van der Waals surface area contributed by atoms with E-state index >= 15 is 0 Å². The molecule has 0 atom stereocenters. The van der Waals surface area contributed by atoms with Gasteiger partial charge in [0.25, 0.3) is 0 Å². The second-order valence-electron chi connectivity index (χ2n) is 9.02. The highest BCUT2D eigenvalue weighted by molar-refractivity contribution is 5.92. The molecule has 0 spiro atoms. The van der Waals surface area contributed by atoms with E-state index in [1.807, 2.05) is 60.7 Å². The van der Waals surface area contributed by atoms with Gasteiger partial charge in [-0.05, 0) is 62.5 Å². The van der Waals surface area contributed by atoms with Crippen LogP contribution >= 0.6 is 0 Å². The summed E-state index contributed by atoms with van der Waals surface area (Å²) in [5.74, 6) is -0.991. The zero-order valence-electron chi connectivity index (χ0n) is 18.6. The molecular weight excluding hydrogens is 400 g/mol. The molecule has 0 saturated heterocycles. The van der Waals surface area contributed by atoms with Crippen molar-refractivity contribution < 1.29 is 19.1 Å². The zero-order valence-corrected chi connectivity index (χ0v) is 18.6. The molecule has 2 fully saturated rings. The second-order valence-corrected chi connectivity index (χ2v) is 9.02. The van der Waals surface area contributed by atoms with E-state index in [0.29, 0.717) is 0 Å². The van der Waals surface area contributed by atoms with Crippen LogP contribution in [0.2, 0.25) is 0 Å². The van der Waals surface area contributed by atoms with Gasteiger partial charge in [0.05, 0.1) is 0 Å². The van der Waals surface area contributed by atoms with E-state index in [1.165, 1.54) is 12.2 Å². The minimum Gasteiger partial charge on any atom is -0.451 e. The fourth-order valence-electron chi connectivity index (χ4n) is 5.22. The lowest BCUT2D eigenvalue weighted by Crippen LogP contribution is -2.35. The van der Waals surface area contributed by atoms with Crippen LogP contribution < -0.4 is 0 Å². The Hall–Kier alpha value is -2.88. The Balaban J connectivity index is 1.45. The van der Waals surface area contributed by atoms with Crippen molar-refractivity contribution in [3.8, 4) is 0 Å². The molecule has 2 saturated carbocycles. The molecular formula is C28H32O4. The van der Waals surface area contributed by atoms with E-state index in [4.69, 9.17) is 9.47 Å². The van der Waals surface area contributed by atoms with Crippen molar-refractivity contribution in [2.24, 2.45) is 0 Å². The first-order valence-corrected chi connectivity index (χ1v) is 11.9. The van der Waals surface area contributed by atoms with Crippen molar-refractivity contribution in [3.05, 3.63) is 83.9 Å². The summed E-state index contributed by atoms with van der Waals surface area (Å²) < 4.78 is 12.0. The predicted molar refractivity (Wildman–Crippen MR) is 124 cm³/mol. The first-order chi connectivity index (χ1) is 15.6. The first kappa shape index (κ1) is 22.3. The van der Waals surface area contributed by atoms with Gasteiger partial charge in [-0.25, -0.2) is 9.59 Å². The van der Waals surface area contributed by atoms with Crippen molar-refractivity contribution in [3.63, 3.8) is 0 Å². The van der Waals surface area contributed by atoms with Crippen molar-refractivity contribution in [2.75, 3.05) is 0 Å². The van der Waals surface area contributed by atoms with Gasteiger partial charge in [0.2, 0.25) is 0 Å². The number of esters is 2. The molecule has 0 unspecified atom stereocenters. The van der Waals surface area contributed by atoms with E-state index in [-0.39, 0.29) is 0 Å². The van der Waals surface area contributed by atoms with Crippen LogP contribution in [0.3, 0.4) is 0 Å². The highest BCUT2D eigenvalue weighted by atomic mass is 16.6. The van der Waals surface area contributed by atoms with Gasteiger partial charge in [-0.1, -0.05) is 73.5 Å². The molecule has 0 heterocycles. The lowest BCUT2D eigenvalue weighted by Gasteiger charge is -2.37. The third-order valence-electron chi connectivity index (χ3n) is 6.87. The molecule has 0 aromatic heterocycles. The Morgan fingerprint density at radius 1 is 0.562 bits per heavy atom. The quantitative estimate of drug-likeness (QED) is 0.394. The molecule has 0 N–H and O–H groups in total. The van der Waals surface area contributed by atoms with Gasteiger partial charge in [0.1, 0.15) is 11.2 Å². The largest absolute Gasteiger partial charge is 0.451 e. The Morgan fingerprint density at radius 3 is 1.25 bits per heavy atom. The third-order valence-corrected chi connectivity index (χ3v) is 6.87. The van der Waals surface area contributed by atoms with E-state index in [0.717, 1.165) is 75.3 Å². The van der Waals surface area contributed by atoms with Crippen LogP contribution in [-0.4, -0.2) is 11.9 Å². The average Bonchev–Trinajstić information content (AvgIpc) is 2.85. The molecule has 32 heavy (non-hydrogen) atoms. The molecule has 2 aromatic rings. The molecule has 2 aliphatic rings. The molecule has 168 valence electrons. The van der Waals surface area contributed by atoms with Crippen LogP contribution in [0.4, 0.5) is 0 Å².